The molecule has 0 radical (unpaired) electrons. The third-order valence-corrected chi connectivity index (χ3v) is 5.53. The Morgan fingerprint density at radius 3 is 2.66 bits per heavy atom. The number of benzene rings is 1. The molecule has 0 amide bonds. The Hall–Kier alpha value is -4.33. The first-order valence-electron chi connectivity index (χ1n) is 10.1. The molecule has 0 atom stereocenters. The van der Waals surface area contributed by atoms with Gasteiger partial charge in [-0.15, -0.1) is 0 Å². The Kier molecular flexibility index (Phi) is 4.37. The molecule has 158 valence electrons. The van der Waals surface area contributed by atoms with Crippen LogP contribution in [0.1, 0.15) is 43.8 Å². The lowest BCUT2D eigenvalue weighted by molar-refractivity contribution is 0.0518. The number of Topliss-reactive ketones (excluding diaryl/α,β-unsaturated/α-hetero) is 1. The van der Waals surface area contributed by atoms with E-state index in [1.165, 1.54) is 6.07 Å². The Bertz CT molecular complexity index is 1510. The molecule has 3 heterocycles. The quantitative estimate of drug-likeness (QED) is 0.480. The van der Waals surface area contributed by atoms with Gasteiger partial charge in [-0.1, -0.05) is 18.2 Å². The number of ketones is 2. The number of para-hydroxylation sites is 1. The fourth-order valence-corrected chi connectivity index (χ4v) is 4.05. The van der Waals surface area contributed by atoms with E-state index in [-0.39, 0.29) is 35.0 Å². The largest absolute Gasteiger partial charge is 0.461 e. The van der Waals surface area contributed by atoms with Crippen molar-refractivity contribution in [1.82, 2.24) is 15.0 Å². The highest BCUT2D eigenvalue weighted by Gasteiger charge is 2.28. The van der Waals surface area contributed by atoms with E-state index in [0.717, 1.165) is 22.4 Å². The smallest absolute Gasteiger partial charge is 0.357 e. The topological polar surface area (TPSA) is 128 Å². The molecular formula is C24H18N4O4. The highest BCUT2D eigenvalue weighted by atomic mass is 16.5. The highest BCUT2D eigenvalue weighted by molar-refractivity contribution is 6.23. The van der Waals surface area contributed by atoms with Crippen LogP contribution in [-0.4, -0.2) is 39.1 Å². The Balaban J connectivity index is 1.83. The van der Waals surface area contributed by atoms with E-state index in [4.69, 9.17) is 10.5 Å². The Morgan fingerprint density at radius 1 is 1.09 bits per heavy atom. The van der Waals surface area contributed by atoms with Crippen LogP contribution in [0.5, 0.6) is 0 Å². The number of hydrogen-bond donors (Lipinski definition) is 2. The van der Waals surface area contributed by atoms with E-state index in [9.17, 15) is 14.4 Å². The van der Waals surface area contributed by atoms with Crippen LogP contribution >= 0.6 is 0 Å². The zero-order chi connectivity index (χ0) is 22.6. The number of H-pyrrole nitrogens is 1. The molecule has 0 saturated carbocycles. The number of nitrogens with one attached hydrogen (secondary N) is 1. The predicted octanol–water partition coefficient (Wildman–Crippen LogP) is 3.48. The van der Waals surface area contributed by atoms with Crippen LogP contribution in [0.4, 0.5) is 0 Å². The van der Waals surface area contributed by atoms with Crippen LogP contribution in [0.15, 0.2) is 48.2 Å². The van der Waals surface area contributed by atoms with Crippen molar-refractivity contribution >= 4 is 39.3 Å². The lowest BCUT2D eigenvalue weighted by Gasteiger charge is -2.14. The zero-order valence-electron chi connectivity index (χ0n) is 17.4. The van der Waals surface area contributed by atoms with Gasteiger partial charge in [-0.2, -0.15) is 0 Å². The van der Waals surface area contributed by atoms with Crippen LogP contribution in [0, 0.1) is 6.92 Å². The maximum absolute atomic E-state index is 12.7. The van der Waals surface area contributed by atoms with E-state index in [0.29, 0.717) is 22.5 Å². The molecule has 0 fully saturated rings. The summed E-state index contributed by atoms with van der Waals surface area (Å²) < 4.78 is 5.22. The summed E-state index contributed by atoms with van der Waals surface area (Å²) in [5, 5.41) is 1.74. The number of esters is 1. The van der Waals surface area contributed by atoms with Crippen molar-refractivity contribution in [3.8, 4) is 11.4 Å². The van der Waals surface area contributed by atoms with Crippen molar-refractivity contribution in [2.45, 2.75) is 13.8 Å². The normalized spacial score (nSPS) is 13.4. The monoisotopic (exact) mass is 426 g/mol. The number of rotatable bonds is 3. The summed E-state index contributed by atoms with van der Waals surface area (Å²) in [7, 11) is 0. The molecule has 0 bridgehead atoms. The molecule has 0 unspecified atom stereocenters. The summed E-state index contributed by atoms with van der Waals surface area (Å²) in [6, 6.07) is 10.8. The lowest BCUT2D eigenvalue weighted by atomic mass is 9.96. The average molecular weight is 426 g/mol. The number of carbonyl (C=O) groups is 3. The van der Waals surface area contributed by atoms with Crippen molar-refractivity contribution in [3.63, 3.8) is 0 Å². The maximum Gasteiger partial charge on any atom is 0.357 e. The predicted molar refractivity (Wildman–Crippen MR) is 118 cm³/mol. The molecule has 8 nitrogen and oxygen atoms in total. The second-order valence-electron chi connectivity index (χ2n) is 7.46. The highest BCUT2D eigenvalue weighted by Crippen LogP contribution is 2.35. The van der Waals surface area contributed by atoms with Gasteiger partial charge in [0.2, 0.25) is 5.78 Å². The SMILES string of the molecule is CCOC(=O)c1nc(-c2ccc3c(n2)C(=O)C(N)=CC3=O)c2[nH]c3ccccc3c2c1C. The summed E-state index contributed by atoms with van der Waals surface area (Å²) in [5.74, 6) is -1.45. The van der Waals surface area contributed by atoms with Gasteiger partial charge in [0.15, 0.2) is 11.5 Å². The van der Waals surface area contributed by atoms with E-state index in [1.54, 1.807) is 13.0 Å². The Labute approximate surface area is 182 Å². The van der Waals surface area contributed by atoms with Crippen molar-refractivity contribution < 1.29 is 19.1 Å². The number of carbonyl (C=O) groups excluding carboxylic acids is 3. The summed E-state index contributed by atoms with van der Waals surface area (Å²) in [5.41, 5.74) is 8.78. The van der Waals surface area contributed by atoms with Crippen LogP contribution in [-0.2, 0) is 4.74 Å². The maximum atomic E-state index is 12.7. The third kappa shape index (κ3) is 2.80. The molecule has 3 aromatic heterocycles. The number of nitrogens with two attached hydrogens (primary N) is 1. The van der Waals surface area contributed by atoms with Gasteiger partial charge in [0.05, 0.1) is 29.1 Å². The molecule has 5 rings (SSSR count). The number of allylic oxidation sites excluding steroid dienone is 2. The number of aromatic nitrogens is 3. The average Bonchev–Trinajstić information content (AvgIpc) is 3.18. The fraction of sp³-hybridized carbons (Fsp3) is 0.125. The molecule has 0 spiro atoms. The number of pyridine rings is 2. The third-order valence-electron chi connectivity index (χ3n) is 5.53. The van der Waals surface area contributed by atoms with E-state index in [1.807, 2.05) is 31.2 Å². The summed E-state index contributed by atoms with van der Waals surface area (Å²) in [4.78, 5) is 49.9. The van der Waals surface area contributed by atoms with Gasteiger partial charge >= 0.3 is 5.97 Å². The van der Waals surface area contributed by atoms with Gasteiger partial charge < -0.3 is 15.5 Å². The van der Waals surface area contributed by atoms with Gasteiger partial charge in [0.1, 0.15) is 11.4 Å². The van der Waals surface area contributed by atoms with Gasteiger partial charge in [-0.25, -0.2) is 14.8 Å². The molecule has 4 aromatic rings. The van der Waals surface area contributed by atoms with Gasteiger partial charge in [-0.05, 0) is 37.6 Å². The molecule has 1 aliphatic rings. The first-order chi connectivity index (χ1) is 15.4. The molecule has 0 aliphatic heterocycles. The molecule has 8 heteroatoms. The first-order valence-corrected chi connectivity index (χ1v) is 10.1. The number of ether oxygens (including phenoxy) is 1. The molecule has 32 heavy (non-hydrogen) atoms. The summed E-state index contributed by atoms with van der Waals surface area (Å²) in [6.07, 6.45) is 1.10. The molecular weight excluding hydrogens is 408 g/mol. The van der Waals surface area contributed by atoms with Crippen molar-refractivity contribution in [1.29, 1.82) is 0 Å². The molecule has 0 saturated heterocycles. The number of fused-ring (bicyclic) bond motifs is 4. The van der Waals surface area contributed by atoms with Gasteiger partial charge in [-0.3, -0.25) is 9.59 Å². The van der Waals surface area contributed by atoms with Crippen LogP contribution in [0.3, 0.4) is 0 Å². The fourth-order valence-electron chi connectivity index (χ4n) is 4.05. The zero-order valence-corrected chi connectivity index (χ0v) is 17.4. The molecule has 3 N–H and O–H groups in total. The van der Waals surface area contributed by atoms with Crippen LogP contribution in [0.25, 0.3) is 33.2 Å². The minimum Gasteiger partial charge on any atom is -0.461 e. The molecule has 1 aliphatic carbocycles. The van der Waals surface area contributed by atoms with Crippen LogP contribution in [0.2, 0.25) is 0 Å². The van der Waals surface area contributed by atoms with E-state index >= 15 is 0 Å². The standard InChI is InChI=1S/C24H18N4O4/c1-3-32-24(31)19-11(2)18-12-6-4-5-7-15(12)26-22(18)21(28-19)16-9-8-13-17(29)10-14(25)23(30)20(13)27-16/h4-10,26H,3,25H2,1-2H3. The minimum absolute atomic E-state index is 0.0307. The van der Waals surface area contributed by atoms with Crippen LogP contribution < -0.4 is 5.73 Å². The second kappa shape index (κ2) is 7.12. The lowest BCUT2D eigenvalue weighted by Crippen LogP contribution is -2.23. The summed E-state index contributed by atoms with van der Waals surface area (Å²) in [6.45, 7) is 3.75. The van der Waals surface area contributed by atoms with Gasteiger partial charge in [0, 0.05) is 22.4 Å². The first kappa shape index (κ1) is 19.6. The number of hydrogen-bond acceptors (Lipinski definition) is 7. The van der Waals surface area contributed by atoms with E-state index < -0.39 is 11.8 Å². The minimum atomic E-state index is -0.546. The second-order valence-corrected chi connectivity index (χ2v) is 7.46. The summed E-state index contributed by atoms with van der Waals surface area (Å²) >= 11 is 0. The number of aryl methyl sites for hydroxylation is 1. The van der Waals surface area contributed by atoms with E-state index in [2.05, 4.69) is 15.0 Å². The number of nitrogens with zero attached hydrogens (tertiary/aromatic N) is 2. The van der Waals surface area contributed by atoms with Gasteiger partial charge in [0.25, 0.3) is 0 Å². The molecule has 1 aromatic carbocycles. The van der Waals surface area contributed by atoms with Crippen molar-refractivity contribution in [3.05, 3.63) is 70.7 Å². The van der Waals surface area contributed by atoms with Crippen molar-refractivity contribution in [2.75, 3.05) is 6.61 Å². The van der Waals surface area contributed by atoms with Crippen molar-refractivity contribution in [2.24, 2.45) is 5.73 Å². The Morgan fingerprint density at radius 2 is 1.88 bits per heavy atom. The number of aromatic amines is 1.